The predicted molar refractivity (Wildman–Crippen MR) is 146 cm³/mol. The number of carboxylic acid groups (broad SMARTS) is 1. The molecule has 8 nitrogen and oxygen atoms in total. The van der Waals surface area contributed by atoms with Gasteiger partial charge in [-0.1, -0.05) is 6.07 Å². The van der Waals surface area contributed by atoms with Gasteiger partial charge in [0.1, 0.15) is 41.4 Å². The van der Waals surface area contributed by atoms with Crippen LogP contribution in [0, 0.1) is 34.6 Å². The number of imidazole rings is 1. The van der Waals surface area contributed by atoms with Gasteiger partial charge in [0.15, 0.2) is 0 Å². The minimum atomic E-state index is -1.12. The van der Waals surface area contributed by atoms with Crippen molar-refractivity contribution >= 4 is 17.0 Å². The quantitative estimate of drug-likeness (QED) is 0.198. The Labute approximate surface area is 242 Å². The van der Waals surface area contributed by atoms with Gasteiger partial charge in [-0.2, -0.15) is 5.26 Å². The lowest BCUT2D eigenvalue weighted by Crippen LogP contribution is -2.10. The third-order valence-electron chi connectivity index (χ3n) is 6.71. The monoisotopic (exact) mass is 590 g/mol. The first-order chi connectivity index (χ1) is 20.7. The number of halogens is 4. The Balaban J connectivity index is 1.43. The Bertz CT molecular complexity index is 1900. The standard InChI is InChI=1S/C31H22F4N4O4/c1-42-9-8-39-27-12-18(31(40)41)4-6-26(27)37-28(39)13-20-11-25(35)21(14-24(20)34)30-22(32)5-7-29(38-30)43-16-19-3-2-17(15-36)10-23(19)33/h2-7,10-12,14H,8-9,13,16H2,1H3,(H,40,41). The van der Waals surface area contributed by atoms with Crippen LogP contribution in [0.25, 0.3) is 22.3 Å². The van der Waals surface area contributed by atoms with E-state index in [-0.39, 0.29) is 54.3 Å². The number of carbonyl (C=O) groups is 1. The van der Waals surface area contributed by atoms with Crippen molar-refractivity contribution in [2.45, 2.75) is 19.6 Å². The molecular formula is C31H22F4N4O4. The third-order valence-corrected chi connectivity index (χ3v) is 6.71. The number of fused-ring (bicyclic) bond motifs is 1. The van der Waals surface area contributed by atoms with Crippen LogP contribution in [0.2, 0.25) is 0 Å². The van der Waals surface area contributed by atoms with Crippen molar-refractivity contribution in [2.75, 3.05) is 13.7 Å². The highest BCUT2D eigenvalue weighted by Crippen LogP contribution is 2.30. The van der Waals surface area contributed by atoms with E-state index in [2.05, 4.69) is 9.97 Å². The Morgan fingerprint density at radius 1 is 0.930 bits per heavy atom. The van der Waals surface area contributed by atoms with Crippen LogP contribution in [0.15, 0.2) is 60.7 Å². The van der Waals surface area contributed by atoms with E-state index in [9.17, 15) is 18.7 Å². The number of ether oxygens (including phenoxy) is 2. The van der Waals surface area contributed by atoms with Crippen molar-refractivity contribution in [2.24, 2.45) is 0 Å². The normalized spacial score (nSPS) is 11.1. The molecule has 0 radical (unpaired) electrons. The number of hydrogen-bond acceptors (Lipinski definition) is 6. The van der Waals surface area contributed by atoms with E-state index in [1.165, 1.54) is 43.5 Å². The molecule has 0 aliphatic carbocycles. The number of rotatable bonds is 10. The number of nitrogens with zero attached hydrogens (tertiary/aromatic N) is 4. The molecule has 3 aromatic carbocycles. The largest absolute Gasteiger partial charge is 0.478 e. The molecule has 0 fully saturated rings. The summed E-state index contributed by atoms with van der Waals surface area (Å²) in [6.45, 7) is 0.234. The summed E-state index contributed by atoms with van der Waals surface area (Å²) in [5.41, 5.74) is 0.223. The first-order valence-electron chi connectivity index (χ1n) is 12.9. The third kappa shape index (κ3) is 6.17. The summed E-state index contributed by atoms with van der Waals surface area (Å²) in [4.78, 5) is 19.9. The lowest BCUT2D eigenvalue weighted by molar-refractivity contribution is 0.0697. The van der Waals surface area contributed by atoms with Crippen LogP contribution in [0.1, 0.15) is 32.9 Å². The lowest BCUT2D eigenvalue weighted by atomic mass is 10.0. The summed E-state index contributed by atoms with van der Waals surface area (Å²) in [5.74, 6) is -4.34. The van der Waals surface area contributed by atoms with Crippen LogP contribution in [0.5, 0.6) is 5.88 Å². The molecule has 0 unspecified atom stereocenters. The van der Waals surface area contributed by atoms with Crippen molar-refractivity contribution in [1.82, 2.24) is 14.5 Å². The summed E-state index contributed by atoms with van der Waals surface area (Å²) < 4.78 is 71.9. The highest BCUT2D eigenvalue weighted by Gasteiger charge is 2.20. The molecule has 0 bridgehead atoms. The SMILES string of the molecule is COCCn1c(Cc2cc(F)c(-c3nc(OCc4ccc(C#N)cc4F)ccc3F)cc2F)nc2ccc(C(=O)O)cc21. The maximum absolute atomic E-state index is 15.4. The van der Waals surface area contributed by atoms with Crippen molar-refractivity contribution in [1.29, 1.82) is 5.26 Å². The Kier molecular flexibility index (Phi) is 8.36. The predicted octanol–water partition coefficient (Wildman–Crippen LogP) is 6.04. The highest BCUT2D eigenvalue weighted by molar-refractivity contribution is 5.92. The van der Waals surface area contributed by atoms with Gasteiger partial charge in [0.25, 0.3) is 0 Å². The number of carboxylic acids is 1. The zero-order valence-electron chi connectivity index (χ0n) is 22.6. The summed E-state index contributed by atoms with van der Waals surface area (Å²) in [7, 11) is 1.49. The van der Waals surface area contributed by atoms with E-state index in [4.69, 9.17) is 14.7 Å². The molecule has 5 rings (SSSR count). The molecular weight excluding hydrogens is 568 g/mol. The average molecular weight is 591 g/mol. The van der Waals surface area contributed by atoms with Crippen LogP contribution < -0.4 is 4.74 Å². The van der Waals surface area contributed by atoms with Gasteiger partial charge in [-0.05, 0) is 54.1 Å². The van der Waals surface area contributed by atoms with Gasteiger partial charge >= 0.3 is 5.97 Å². The molecule has 0 aliphatic heterocycles. The van der Waals surface area contributed by atoms with E-state index in [1.807, 2.05) is 6.07 Å². The molecule has 0 spiro atoms. The number of nitriles is 1. The maximum Gasteiger partial charge on any atom is 0.335 e. The number of methoxy groups -OCH3 is 1. The molecule has 2 heterocycles. The summed E-state index contributed by atoms with van der Waals surface area (Å²) in [6.07, 6.45) is -0.154. The molecule has 43 heavy (non-hydrogen) atoms. The molecule has 0 aliphatic rings. The van der Waals surface area contributed by atoms with E-state index in [0.717, 1.165) is 24.3 Å². The van der Waals surface area contributed by atoms with E-state index in [0.29, 0.717) is 16.9 Å². The lowest BCUT2D eigenvalue weighted by Gasteiger charge is -2.12. The Morgan fingerprint density at radius 3 is 2.44 bits per heavy atom. The number of aromatic nitrogens is 3. The van der Waals surface area contributed by atoms with Gasteiger partial charge in [-0.3, -0.25) is 0 Å². The van der Waals surface area contributed by atoms with Crippen LogP contribution in [-0.4, -0.2) is 39.3 Å². The second kappa shape index (κ2) is 12.3. The van der Waals surface area contributed by atoms with Crippen molar-refractivity contribution in [3.8, 4) is 23.2 Å². The van der Waals surface area contributed by atoms with E-state index >= 15 is 8.78 Å². The van der Waals surface area contributed by atoms with Gasteiger partial charge in [-0.15, -0.1) is 0 Å². The van der Waals surface area contributed by atoms with Crippen LogP contribution in [0.3, 0.4) is 0 Å². The van der Waals surface area contributed by atoms with Crippen LogP contribution in [0.4, 0.5) is 17.6 Å². The second-order valence-electron chi connectivity index (χ2n) is 9.47. The van der Waals surface area contributed by atoms with Gasteiger partial charge in [-0.25, -0.2) is 32.3 Å². The Hall–Kier alpha value is -5.28. The van der Waals surface area contributed by atoms with Crippen LogP contribution >= 0.6 is 0 Å². The number of aromatic carboxylic acids is 1. The number of pyridine rings is 1. The molecule has 2 aromatic heterocycles. The molecule has 0 atom stereocenters. The van der Waals surface area contributed by atoms with Crippen LogP contribution in [-0.2, 0) is 24.3 Å². The smallest absolute Gasteiger partial charge is 0.335 e. The van der Waals surface area contributed by atoms with E-state index in [1.54, 1.807) is 4.57 Å². The molecule has 0 saturated carbocycles. The van der Waals surface area contributed by atoms with Crippen molar-refractivity contribution in [3.63, 3.8) is 0 Å². The maximum atomic E-state index is 15.4. The molecule has 12 heteroatoms. The second-order valence-corrected chi connectivity index (χ2v) is 9.47. The fourth-order valence-electron chi connectivity index (χ4n) is 4.53. The minimum absolute atomic E-state index is 0.0435. The number of benzene rings is 3. The average Bonchev–Trinajstić information content (AvgIpc) is 3.33. The Morgan fingerprint density at radius 2 is 1.72 bits per heavy atom. The summed E-state index contributed by atoms with van der Waals surface area (Å²) in [5, 5.41) is 18.3. The van der Waals surface area contributed by atoms with Crippen molar-refractivity contribution in [3.05, 3.63) is 112 Å². The topological polar surface area (TPSA) is 110 Å². The van der Waals surface area contributed by atoms with Gasteiger partial charge in [0.05, 0.1) is 34.8 Å². The zero-order chi connectivity index (χ0) is 30.7. The summed E-state index contributed by atoms with van der Waals surface area (Å²) in [6, 6.07) is 13.9. The fraction of sp³-hybridized carbons (Fsp3) is 0.161. The van der Waals surface area contributed by atoms with Gasteiger partial charge < -0.3 is 19.1 Å². The molecule has 0 amide bonds. The van der Waals surface area contributed by atoms with Gasteiger partial charge in [0.2, 0.25) is 5.88 Å². The zero-order valence-corrected chi connectivity index (χ0v) is 22.6. The minimum Gasteiger partial charge on any atom is -0.478 e. The number of hydrogen-bond donors (Lipinski definition) is 1. The summed E-state index contributed by atoms with van der Waals surface area (Å²) >= 11 is 0. The van der Waals surface area contributed by atoms with Crippen molar-refractivity contribution < 1.29 is 36.9 Å². The fourth-order valence-corrected chi connectivity index (χ4v) is 4.53. The first kappa shape index (κ1) is 29.2. The van der Waals surface area contributed by atoms with Gasteiger partial charge in [0, 0.05) is 37.3 Å². The molecule has 5 aromatic rings. The molecule has 218 valence electrons. The van der Waals surface area contributed by atoms with E-state index < -0.39 is 40.5 Å². The molecule has 0 saturated heterocycles. The highest BCUT2D eigenvalue weighted by atomic mass is 19.1. The first-order valence-corrected chi connectivity index (χ1v) is 12.9. The molecule has 1 N–H and O–H groups in total.